The minimum absolute atomic E-state index is 0.0205. The van der Waals surface area contributed by atoms with Crippen molar-refractivity contribution in [2.24, 2.45) is 0 Å². The number of rotatable bonds is 5. The van der Waals surface area contributed by atoms with Gasteiger partial charge < -0.3 is 10.5 Å². The second-order valence-electron chi connectivity index (χ2n) is 3.86. The number of ether oxygens (including phenoxy) is 1. The smallest absolute Gasteiger partial charge is 0.322 e. The number of anilines is 1. The van der Waals surface area contributed by atoms with Crippen LogP contribution in [0.4, 0.5) is 5.95 Å². The molecule has 2 heterocycles. The van der Waals surface area contributed by atoms with Crippen molar-refractivity contribution in [1.29, 1.82) is 0 Å². The van der Waals surface area contributed by atoms with Gasteiger partial charge in [0.2, 0.25) is 11.1 Å². The normalized spacial score (nSPS) is 10.9. The lowest BCUT2D eigenvalue weighted by molar-refractivity contribution is 0.219. The summed E-state index contributed by atoms with van der Waals surface area (Å²) < 4.78 is 10.4. The molecule has 0 aliphatic carbocycles. The predicted octanol–water partition coefficient (Wildman–Crippen LogP) is 1.81. The summed E-state index contributed by atoms with van der Waals surface area (Å²) in [6, 6.07) is 0.227. The molecule has 19 heavy (non-hydrogen) atoms. The molecule has 2 rings (SSSR count). The molecule has 9 heteroatoms. The molecule has 0 saturated carbocycles. The Balaban J connectivity index is 2.17. The van der Waals surface area contributed by atoms with E-state index < -0.39 is 0 Å². The number of aryl methyl sites for hydroxylation is 1. The Morgan fingerprint density at radius 1 is 1.26 bits per heavy atom. The molecule has 0 fully saturated rings. The molecule has 0 bridgehead atoms. The maximum absolute atomic E-state index is 5.63. The number of nitrogens with zero attached hydrogens (tertiary/aromatic N) is 5. The third kappa shape index (κ3) is 4.00. The highest BCUT2D eigenvalue weighted by molar-refractivity contribution is 8.00. The zero-order chi connectivity index (χ0) is 13.8. The van der Waals surface area contributed by atoms with Gasteiger partial charge in [0.25, 0.3) is 0 Å². The van der Waals surface area contributed by atoms with E-state index in [9.17, 15) is 0 Å². The first kappa shape index (κ1) is 13.9. The highest BCUT2D eigenvalue weighted by Crippen LogP contribution is 2.27. The van der Waals surface area contributed by atoms with Crippen molar-refractivity contribution in [3.05, 3.63) is 5.82 Å². The van der Waals surface area contributed by atoms with Crippen LogP contribution in [-0.2, 0) is 6.42 Å². The fourth-order valence-corrected chi connectivity index (χ4v) is 2.72. The van der Waals surface area contributed by atoms with Gasteiger partial charge >= 0.3 is 6.01 Å². The van der Waals surface area contributed by atoms with E-state index in [1.807, 2.05) is 20.8 Å². The summed E-state index contributed by atoms with van der Waals surface area (Å²) >= 11 is 2.62. The maximum Gasteiger partial charge on any atom is 0.322 e. The van der Waals surface area contributed by atoms with Crippen LogP contribution >= 0.6 is 23.3 Å². The molecule has 2 aromatic heterocycles. The lowest BCUT2D eigenvalue weighted by Gasteiger charge is -2.08. The van der Waals surface area contributed by atoms with Gasteiger partial charge in [-0.2, -0.15) is 19.3 Å². The topological polar surface area (TPSA) is 99.7 Å². The number of nitrogens with two attached hydrogens (primary N) is 1. The van der Waals surface area contributed by atoms with Gasteiger partial charge in [-0.1, -0.05) is 6.92 Å². The molecule has 0 aromatic carbocycles. The summed E-state index contributed by atoms with van der Waals surface area (Å²) in [5, 5.41) is 0.460. The van der Waals surface area contributed by atoms with Crippen LogP contribution in [0.15, 0.2) is 9.50 Å². The summed E-state index contributed by atoms with van der Waals surface area (Å²) in [6.07, 6.45) is 0.783. The van der Waals surface area contributed by atoms with Gasteiger partial charge in [-0.05, 0) is 37.1 Å². The third-order valence-corrected chi connectivity index (χ3v) is 3.55. The lowest BCUT2D eigenvalue weighted by Crippen LogP contribution is -2.10. The van der Waals surface area contributed by atoms with Crippen LogP contribution in [-0.4, -0.2) is 30.4 Å². The van der Waals surface area contributed by atoms with E-state index in [2.05, 4.69) is 24.3 Å². The van der Waals surface area contributed by atoms with Crippen molar-refractivity contribution in [3.63, 3.8) is 0 Å². The number of hydrogen-bond donors (Lipinski definition) is 1. The Morgan fingerprint density at radius 3 is 2.68 bits per heavy atom. The first-order valence-corrected chi connectivity index (χ1v) is 7.34. The van der Waals surface area contributed by atoms with Crippen LogP contribution in [0, 0.1) is 0 Å². The van der Waals surface area contributed by atoms with E-state index in [4.69, 9.17) is 10.5 Å². The molecule has 7 nitrogen and oxygen atoms in total. The molecule has 0 aliphatic rings. The van der Waals surface area contributed by atoms with E-state index in [0.29, 0.717) is 5.16 Å². The summed E-state index contributed by atoms with van der Waals surface area (Å²) in [4.78, 5) is 16.5. The molecule has 0 aliphatic heterocycles. The summed E-state index contributed by atoms with van der Waals surface area (Å²) in [7, 11) is 0. The second kappa shape index (κ2) is 6.11. The average molecular weight is 298 g/mol. The van der Waals surface area contributed by atoms with Gasteiger partial charge in [-0.15, -0.1) is 0 Å². The van der Waals surface area contributed by atoms with Crippen molar-refractivity contribution in [2.45, 2.75) is 42.8 Å². The Labute approximate surface area is 119 Å². The van der Waals surface area contributed by atoms with Gasteiger partial charge in [0, 0.05) is 6.42 Å². The first-order valence-electron chi connectivity index (χ1n) is 5.75. The first-order chi connectivity index (χ1) is 9.06. The van der Waals surface area contributed by atoms with Crippen molar-refractivity contribution in [3.8, 4) is 6.01 Å². The van der Waals surface area contributed by atoms with E-state index >= 15 is 0 Å². The fraction of sp³-hybridized carbons (Fsp3) is 0.500. The van der Waals surface area contributed by atoms with E-state index in [1.54, 1.807) is 0 Å². The summed E-state index contributed by atoms with van der Waals surface area (Å²) in [5.74, 6) is 0.946. The Morgan fingerprint density at radius 2 is 2.05 bits per heavy atom. The molecule has 2 N–H and O–H groups in total. The van der Waals surface area contributed by atoms with Crippen molar-refractivity contribution < 1.29 is 4.74 Å². The molecular weight excluding hydrogens is 284 g/mol. The SMILES string of the molecule is CCc1nsc(Sc2nc(N)nc(OC(C)C)n2)n1. The molecule has 0 amide bonds. The van der Waals surface area contributed by atoms with Gasteiger partial charge in [0.1, 0.15) is 5.82 Å². The van der Waals surface area contributed by atoms with Gasteiger partial charge in [-0.3, -0.25) is 0 Å². The van der Waals surface area contributed by atoms with Crippen LogP contribution in [0.3, 0.4) is 0 Å². The van der Waals surface area contributed by atoms with Crippen LogP contribution < -0.4 is 10.5 Å². The predicted molar refractivity (Wildman–Crippen MR) is 73.4 cm³/mol. The fourth-order valence-electron chi connectivity index (χ4n) is 1.16. The molecule has 0 unspecified atom stereocenters. The maximum atomic E-state index is 5.63. The van der Waals surface area contributed by atoms with Crippen molar-refractivity contribution in [1.82, 2.24) is 24.3 Å². The summed E-state index contributed by atoms with van der Waals surface area (Å²) in [6.45, 7) is 5.79. The highest BCUT2D eigenvalue weighted by Gasteiger charge is 2.11. The van der Waals surface area contributed by atoms with Gasteiger partial charge in [0.15, 0.2) is 4.34 Å². The molecule has 0 spiro atoms. The molecule has 0 atom stereocenters. The minimum Gasteiger partial charge on any atom is -0.461 e. The zero-order valence-corrected chi connectivity index (χ0v) is 12.5. The third-order valence-electron chi connectivity index (χ3n) is 1.90. The van der Waals surface area contributed by atoms with Crippen molar-refractivity contribution >= 4 is 29.2 Å². The number of aromatic nitrogens is 5. The van der Waals surface area contributed by atoms with Crippen LogP contribution in [0.5, 0.6) is 6.01 Å². The molecule has 102 valence electrons. The largest absolute Gasteiger partial charge is 0.461 e. The van der Waals surface area contributed by atoms with E-state index in [1.165, 1.54) is 23.3 Å². The highest BCUT2D eigenvalue weighted by atomic mass is 32.2. The summed E-state index contributed by atoms with van der Waals surface area (Å²) in [5.41, 5.74) is 5.63. The van der Waals surface area contributed by atoms with Crippen LogP contribution in [0.25, 0.3) is 0 Å². The van der Waals surface area contributed by atoms with Crippen LogP contribution in [0.2, 0.25) is 0 Å². The number of hydrogen-bond acceptors (Lipinski definition) is 9. The quantitative estimate of drug-likeness (QED) is 0.892. The van der Waals surface area contributed by atoms with Gasteiger partial charge in [0.05, 0.1) is 6.10 Å². The minimum atomic E-state index is -0.0205. The zero-order valence-electron chi connectivity index (χ0n) is 10.8. The monoisotopic (exact) mass is 298 g/mol. The Hall–Kier alpha value is -1.48. The molecular formula is C10H14N6OS2. The van der Waals surface area contributed by atoms with E-state index in [0.717, 1.165) is 16.6 Å². The van der Waals surface area contributed by atoms with E-state index in [-0.39, 0.29) is 18.1 Å². The number of nitrogen functional groups attached to an aromatic ring is 1. The lowest BCUT2D eigenvalue weighted by atomic mass is 10.5. The van der Waals surface area contributed by atoms with Gasteiger partial charge in [-0.25, -0.2) is 4.98 Å². The standard InChI is InChI=1S/C10H14N6OS2/c1-4-6-12-10(19-16-6)18-9-14-7(11)13-8(15-9)17-5(2)3/h5H,4H2,1-3H3,(H2,11,13,14,15). The molecule has 0 saturated heterocycles. The molecule has 2 aromatic rings. The molecule has 0 radical (unpaired) electrons. The Bertz CT molecular complexity index is 559. The average Bonchev–Trinajstić information content (AvgIpc) is 2.74. The Kier molecular flexibility index (Phi) is 4.48. The van der Waals surface area contributed by atoms with Crippen molar-refractivity contribution in [2.75, 3.05) is 5.73 Å². The van der Waals surface area contributed by atoms with Crippen LogP contribution in [0.1, 0.15) is 26.6 Å². The second-order valence-corrected chi connectivity index (χ2v) is 5.82.